The van der Waals surface area contributed by atoms with E-state index in [1.165, 1.54) is 6.42 Å². The maximum absolute atomic E-state index is 5.39. The van der Waals surface area contributed by atoms with Crippen LogP contribution < -0.4 is 0 Å². The molecule has 2 unspecified atom stereocenters. The van der Waals surface area contributed by atoms with Crippen LogP contribution in [0.3, 0.4) is 0 Å². The summed E-state index contributed by atoms with van der Waals surface area (Å²) in [5.41, 5.74) is 0. The molecule has 0 heterocycles. The average Bonchev–Trinajstić information content (AvgIpc) is 2.07. The molecule has 0 aliphatic carbocycles. The van der Waals surface area contributed by atoms with Crippen LogP contribution in [0.15, 0.2) is 0 Å². The highest BCUT2D eigenvalue weighted by Gasteiger charge is 2.07. The maximum Gasteiger partial charge on any atom is 0.0572 e. The Balaban J connectivity index is 0. The molecular formula is C10H24O. The molecule has 0 N–H and O–H groups in total. The van der Waals surface area contributed by atoms with Gasteiger partial charge in [-0.2, -0.15) is 0 Å². The van der Waals surface area contributed by atoms with Crippen molar-refractivity contribution in [2.24, 2.45) is 5.92 Å². The van der Waals surface area contributed by atoms with Gasteiger partial charge in [-0.1, -0.05) is 34.1 Å². The molecule has 0 bridgehead atoms. The summed E-state index contributed by atoms with van der Waals surface area (Å²) in [6.45, 7) is 13.4. The Morgan fingerprint density at radius 3 is 1.82 bits per heavy atom. The van der Waals surface area contributed by atoms with Crippen LogP contribution in [0, 0.1) is 5.92 Å². The van der Waals surface area contributed by atoms with Crippen LogP contribution >= 0.6 is 0 Å². The summed E-state index contributed by atoms with van der Waals surface area (Å²) in [5, 5.41) is 0. The molecule has 0 aliphatic heterocycles. The first-order chi connectivity index (χ1) is 5.22. The van der Waals surface area contributed by atoms with Crippen molar-refractivity contribution in [1.29, 1.82) is 0 Å². The van der Waals surface area contributed by atoms with Gasteiger partial charge in [0.1, 0.15) is 0 Å². The summed E-state index contributed by atoms with van der Waals surface area (Å²) in [4.78, 5) is 0. The van der Waals surface area contributed by atoms with Crippen molar-refractivity contribution in [3.63, 3.8) is 0 Å². The fourth-order valence-corrected chi connectivity index (χ4v) is 0.759. The lowest BCUT2D eigenvalue weighted by Crippen LogP contribution is -2.16. The smallest absolute Gasteiger partial charge is 0.0572 e. The van der Waals surface area contributed by atoms with Crippen molar-refractivity contribution in [2.75, 3.05) is 6.61 Å². The van der Waals surface area contributed by atoms with E-state index in [9.17, 15) is 0 Å². The van der Waals surface area contributed by atoms with Gasteiger partial charge >= 0.3 is 0 Å². The Morgan fingerprint density at radius 1 is 1.09 bits per heavy atom. The van der Waals surface area contributed by atoms with E-state index in [4.69, 9.17) is 4.74 Å². The van der Waals surface area contributed by atoms with Crippen LogP contribution in [0.1, 0.15) is 48.0 Å². The fraction of sp³-hybridized carbons (Fsp3) is 1.00. The average molecular weight is 160 g/mol. The number of rotatable bonds is 4. The Kier molecular flexibility index (Phi) is 12.3. The highest BCUT2D eigenvalue weighted by atomic mass is 16.5. The first kappa shape index (κ1) is 13.5. The number of hydrogen-bond donors (Lipinski definition) is 0. The zero-order valence-corrected chi connectivity index (χ0v) is 8.98. The van der Waals surface area contributed by atoms with Gasteiger partial charge in [0.2, 0.25) is 0 Å². The number of hydrogen-bond acceptors (Lipinski definition) is 1. The Morgan fingerprint density at radius 2 is 1.55 bits per heavy atom. The van der Waals surface area contributed by atoms with Crippen LogP contribution in [-0.4, -0.2) is 12.7 Å². The van der Waals surface area contributed by atoms with Crippen LogP contribution in [-0.2, 0) is 4.74 Å². The van der Waals surface area contributed by atoms with E-state index >= 15 is 0 Å². The lowest BCUT2D eigenvalue weighted by Gasteiger charge is -2.17. The van der Waals surface area contributed by atoms with Gasteiger partial charge in [-0.25, -0.2) is 0 Å². The molecule has 0 aliphatic rings. The quantitative estimate of drug-likeness (QED) is 0.611. The summed E-state index contributed by atoms with van der Waals surface area (Å²) in [6.07, 6.45) is 1.64. The lowest BCUT2D eigenvalue weighted by molar-refractivity contribution is 0.0376. The van der Waals surface area contributed by atoms with Crippen molar-refractivity contribution in [2.45, 2.75) is 54.1 Å². The third-order valence-corrected chi connectivity index (χ3v) is 1.87. The van der Waals surface area contributed by atoms with Crippen molar-refractivity contribution < 1.29 is 4.74 Å². The molecule has 0 saturated carbocycles. The largest absolute Gasteiger partial charge is 0.379 e. The minimum absolute atomic E-state index is 0.431. The van der Waals surface area contributed by atoms with E-state index in [-0.39, 0.29) is 0 Å². The normalized spacial score (nSPS) is 14.7. The van der Waals surface area contributed by atoms with Crippen molar-refractivity contribution >= 4 is 0 Å². The molecule has 0 aromatic carbocycles. The Bertz CT molecular complexity index is 61.9. The lowest BCUT2D eigenvalue weighted by atomic mass is 10.0. The van der Waals surface area contributed by atoms with E-state index in [0.717, 1.165) is 6.61 Å². The molecule has 2 atom stereocenters. The van der Waals surface area contributed by atoms with Gasteiger partial charge in [-0.3, -0.25) is 0 Å². The second-order valence-electron chi connectivity index (χ2n) is 2.55. The van der Waals surface area contributed by atoms with E-state index in [0.29, 0.717) is 12.0 Å². The minimum atomic E-state index is 0.431. The van der Waals surface area contributed by atoms with Gasteiger partial charge in [0.05, 0.1) is 6.10 Å². The van der Waals surface area contributed by atoms with Gasteiger partial charge in [-0.05, 0) is 19.8 Å². The second kappa shape index (κ2) is 9.96. The zero-order valence-electron chi connectivity index (χ0n) is 8.98. The molecule has 1 nitrogen and oxygen atoms in total. The molecule has 11 heavy (non-hydrogen) atoms. The van der Waals surface area contributed by atoms with Crippen LogP contribution in [0.25, 0.3) is 0 Å². The maximum atomic E-state index is 5.39. The van der Waals surface area contributed by atoms with Gasteiger partial charge in [0.15, 0.2) is 0 Å². The first-order valence-corrected chi connectivity index (χ1v) is 4.83. The summed E-state index contributed by atoms with van der Waals surface area (Å²) in [7, 11) is 0. The molecule has 0 spiro atoms. The molecule has 70 valence electrons. The van der Waals surface area contributed by atoms with Gasteiger partial charge in [-0.15, -0.1) is 0 Å². The molecule has 0 amide bonds. The van der Waals surface area contributed by atoms with Gasteiger partial charge in [0.25, 0.3) is 0 Å². The second-order valence-corrected chi connectivity index (χ2v) is 2.55. The van der Waals surface area contributed by atoms with E-state index in [1.54, 1.807) is 0 Å². The molecule has 0 fully saturated rings. The third-order valence-electron chi connectivity index (χ3n) is 1.87. The number of ether oxygens (including phenoxy) is 1. The predicted molar refractivity (Wildman–Crippen MR) is 51.9 cm³/mol. The minimum Gasteiger partial charge on any atom is -0.379 e. The topological polar surface area (TPSA) is 9.23 Å². The predicted octanol–water partition coefficient (Wildman–Crippen LogP) is 3.48. The molecule has 0 radical (unpaired) electrons. The summed E-state index contributed by atoms with van der Waals surface area (Å²) in [6, 6.07) is 0. The molecule has 0 rings (SSSR count). The molecule has 0 aromatic heterocycles. The van der Waals surface area contributed by atoms with E-state index < -0.39 is 0 Å². The van der Waals surface area contributed by atoms with Crippen LogP contribution in [0.2, 0.25) is 0 Å². The molecule has 1 heteroatoms. The van der Waals surface area contributed by atoms with Gasteiger partial charge < -0.3 is 4.74 Å². The van der Waals surface area contributed by atoms with Crippen molar-refractivity contribution in [1.82, 2.24) is 0 Å². The van der Waals surface area contributed by atoms with Crippen molar-refractivity contribution in [3.05, 3.63) is 0 Å². The summed E-state index contributed by atoms with van der Waals surface area (Å²) >= 11 is 0. The fourth-order valence-electron chi connectivity index (χ4n) is 0.759. The monoisotopic (exact) mass is 160 g/mol. The van der Waals surface area contributed by atoms with E-state index in [2.05, 4.69) is 20.8 Å². The van der Waals surface area contributed by atoms with E-state index in [1.807, 2.05) is 20.8 Å². The molecule has 0 saturated heterocycles. The van der Waals surface area contributed by atoms with Crippen LogP contribution in [0.4, 0.5) is 0 Å². The molecular weight excluding hydrogens is 136 g/mol. The first-order valence-electron chi connectivity index (χ1n) is 4.83. The summed E-state index contributed by atoms with van der Waals surface area (Å²) in [5.74, 6) is 0.699. The Labute approximate surface area is 72.1 Å². The van der Waals surface area contributed by atoms with Crippen LogP contribution in [0.5, 0.6) is 0 Å². The summed E-state index contributed by atoms with van der Waals surface area (Å²) < 4.78 is 5.39. The standard InChI is InChI=1S/C8H18O.C2H6/c1-5-7(3)8(4)9-6-2;1-2/h7-8H,5-6H2,1-4H3;1-2H3. The highest BCUT2D eigenvalue weighted by molar-refractivity contribution is 4.57. The van der Waals surface area contributed by atoms with Crippen molar-refractivity contribution in [3.8, 4) is 0 Å². The third kappa shape index (κ3) is 7.86. The zero-order chi connectivity index (χ0) is 9.28. The Hall–Kier alpha value is -0.0400. The highest BCUT2D eigenvalue weighted by Crippen LogP contribution is 2.09. The molecule has 0 aromatic rings. The SMILES string of the molecule is CC.CCOC(C)C(C)CC. The van der Waals surface area contributed by atoms with Gasteiger partial charge in [0, 0.05) is 6.61 Å².